The molecule has 0 saturated carbocycles. The Bertz CT molecular complexity index is 1370. The zero-order valence-corrected chi connectivity index (χ0v) is 25.5. The number of rotatable bonds is 4. The first kappa shape index (κ1) is 30.9. The predicted octanol–water partition coefficient (Wildman–Crippen LogP) is 6.36. The second-order valence-electron chi connectivity index (χ2n) is 11.2. The summed E-state index contributed by atoms with van der Waals surface area (Å²) >= 11 is 3.27. The van der Waals surface area contributed by atoms with Crippen LogP contribution >= 0.6 is 15.9 Å². The second kappa shape index (κ2) is 13.3. The fourth-order valence-electron chi connectivity index (χ4n) is 5.12. The van der Waals surface area contributed by atoms with E-state index < -0.39 is 29.8 Å². The number of hydrogen-bond acceptors (Lipinski definition) is 6. The maximum Gasteiger partial charge on any atom is 0.410 e. The molecule has 0 spiro atoms. The van der Waals surface area contributed by atoms with Crippen LogP contribution in [0.2, 0.25) is 0 Å². The molecule has 1 heterocycles. The number of benzene rings is 3. The van der Waals surface area contributed by atoms with Crippen molar-refractivity contribution in [3.63, 3.8) is 0 Å². The van der Waals surface area contributed by atoms with E-state index >= 15 is 0 Å². The smallest absolute Gasteiger partial charge is 0.410 e. The highest BCUT2D eigenvalue weighted by Gasteiger charge is 2.37. The third-order valence-corrected chi connectivity index (χ3v) is 7.74. The van der Waals surface area contributed by atoms with E-state index in [0.29, 0.717) is 0 Å². The van der Waals surface area contributed by atoms with Gasteiger partial charge in [-0.2, -0.15) is 0 Å². The highest BCUT2D eigenvalue weighted by atomic mass is 79.9. The lowest BCUT2D eigenvalue weighted by Crippen LogP contribution is -2.57. The van der Waals surface area contributed by atoms with E-state index in [-0.39, 0.29) is 38.6 Å². The van der Waals surface area contributed by atoms with Gasteiger partial charge in [-0.3, -0.25) is 4.79 Å². The summed E-state index contributed by atoms with van der Waals surface area (Å²) in [6.45, 7) is 5.96. The highest BCUT2D eigenvalue weighted by Crippen LogP contribution is 2.44. The Labute approximate surface area is 254 Å². The van der Waals surface area contributed by atoms with Crippen molar-refractivity contribution in [2.45, 2.75) is 44.8 Å². The Morgan fingerprint density at radius 3 is 2.00 bits per heavy atom. The monoisotopic (exact) mass is 637 g/mol. The Morgan fingerprint density at radius 1 is 0.905 bits per heavy atom. The fraction of sp³-hybridized carbons (Fsp3) is 0.344. The molecular weight excluding hydrogens is 602 g/mol. The van der Waals surface area contributed by atoms with Crippen LogP contribution in [-0.4, -0.2) is 70.9 Å². The number of hydrogen-bond donors (Lipinski definition) is 2. The van der Waals surface area contributed by atoms with E-state index in [4.69, 9.17) is 15.2 Å². The largest absolute Gasteiger partial charge is 0.481 e. The van der Waals surface area contributed by atoms with Gasteiger partial charge in [-0.05, 0) is 71.1 Å². The van der Waals surface area contributed by atoms with Crippen molar-refractivity contribution in [2.24, 2.45) is 0 Å². The van der Waals surface area contributed by atoms with E-state index in [2.05, 4.69) is 28.1 Å². The molecule has 3 aromatic carbocycles. The number of carboxylic acids is 1. The third-order valence-electron chi connectivity index (χ3n) is 7.02. The first-order chi connectivity index (χ1) is 19.9. The summed E-state index contributed by atoms with van der Waals surface area (Å²) in [7, 11) is 0. The van der Waals surface area contributed by atoms with Crippen LogP contribution in [0.5, 0.6) is 0 Å². The molecule has 1 aliphatic heterocycles. The van der Waals surface area contributed by atoms with Crippen molar-refractivity contribution in [3.05, 3.63) is 88.4 Å². The number of para-hydroxylation sites is 1. The summed E-state index contributed by atoms with van der Waals surface area (Å²) < 4.78 is 12.1. The minimum absolute atomic E-state index is 0.0748. The second-order valence-corrected chi connectivity index (χ2v) is 12.1. The van der Waals surface area contributed by atoms with Gasteiger partial charge in [-0.15, -0.1) is 0 Å². The molecule has 0 aromatic heterocycles. The van der Waals surface area contributed by atoms with Gasteiger partial charge in [0.2, 0.25) is 0 Å². The normalized spacial score (nSPS) is 16.0. The number of amides is 2. The van der Waals surface area contributed by atoms with Gasteiger partial charge < -0.3 is 30.1 Å². The molecule has 5 rings (SSSR count). The number of carbonyl (C=O) groups excluding carboxylic acids is 2. The molecule has 10 heteroatoms. The minimum Gasteiger partial charge on any atom is -0.481 e. The highest BCUT2D eigenvalue weighted by molar-refractivity contribution is 9.10. The van der Waals surface area contributed by atoms with Gasteiger partial charge in [-0.25, -0.2) is 9.59 Å². The van der Waals surface area contributed by atoms with E-state index in [0.717, 1.165) is 32.4 Å². The average molecular weight is 639 g/mol. The van der Waals surface area contributed by atoms with Crippen LogP contribution in [-0.2, 0) is 14.3 Å². The van der Waals surface area contributed by atoms with Crippen LogP contribution in [0.4, 0.5) is 15.3 Å². The summed E-state index contributed by atoms with van der Waals surface area (Å²) in [6, 6.07) is 23.0. The number of fused-ring (bicyclic) bond motifs is 3. The predicted molar refractivity (Wildman–Crippen MR) is 164 cm³/mol. The number of anilines is 1. The number of carbonyl (C=O) groups is 3. The van der Waals surface area contributed by atoms with Crippen molar-refractivity contribution in [3.8, 4) is 11.1 Å². The standard InChI is InChI=1S/C26H30N2O6.C6H6BrN/c1-26(2,3)34-24(31)27-12-13-28(17(15-27)14-23(29)30)25(32)33-16-22-20-10-6-4-8-18(20)19-9-5-7-11-21(19)22;7-5-3-1-2-4-6(5)8/h4-11,17,22H,12-16H2,1-3H3,(H,29,30);1-4H,8H2. The molecule has 3 N–H and O–H groups in total. The van der Waals surface area contributed by atoms with Crippen molar-refractivity contribution in [1.29, 1.82) is 0 Å². The lowest BCUT2D eigenvalue weighted by molar-refractivity contribution is -0.138. The molecule has 1 fully saturated rings. The number of halogens is 1. The van der Waals surface area contributed by atoms with Gasteiger partial charge in [-0.1, -0.05) is 60.7 Å². The molecule has 42 heavy (non-hydrogen) atoms. The number of piperazine rings is 1. The summed E-state index contributed by atoms with van der Waals surface area (Å²) in [5.74, 6) is -1.13. The molecule has 1 saturated heterocycles. The summed E-state index contributed by atoms with van der Waals surface area (Å²) in [5.41, 5.74) is 10.1. The fourth-order valence-corrected chi connectivity index (χ4v) is 5.40. The van der Waals surface area contributed by atoms with Crippen LogP contribution in [0.15, 0.2) is 77.3 Å². The molecule has 3 aromatic rings. The molecular formula is C32H36BrN3O6. The van der Waals surface area contributed by atoms with E-state index in [9.17, 15) is 19.5 Å². The lowest BCUT2D eigenvalue weighted by Gasteiger charge is -2.40. The number of aliphatic carboxylic acids is 1. The maximum atomic E-state index is 13.1. The topological polar surface area (TPSA) is 122 Å². The molecule has 9 nitrogen and oxygen atoms in total. The van der Waals surface area contributed by atoms with Gasteiger partial charge >= 0.3 is 18.2 Å². The van der Waals surface area contributed by atoms with Crippen molar-refractivity contribution < 1.29 is 29.0 Å². The Kier molecular flexibility index (Phi) is 9.78. The molecule has 1 aliphatic carbocycles. The van der Waals surface area contributed by atoms with Gasteiger partial charge in [0.15, 0.2) is 0 Å². The Hall–Kier alpha value is -4.05. The van der Waals surface area contributed by atoms with Crippen LogP contribution in [0, 0.1) is 0 Å². The number of nitrogens with two attached hydrogens (primary N) is 1. The van der Waals surface area contributed by atoms with E-state index in [1.807, 2.05) is 60.7 Å². The van der Waals surface area contributed by atoms with Crippen molar-refractivity contribution in [1.82, 2.24) is 9.80 Å². The zero-order chi connectivity index (χ0) is 30.4. The number of nitrogen functional groups attached to an aromatic ring is 1. The summed E-state index contributed by atoms with van der Waals surface area (Å²) in [5, 5.41) is 9.38. The molecule has 1 unspecified atom stereocenters. The van der Waals surface area contributed by atoms with Crippen LogP contribution in [0.3, 0.4) is 0 Å². The van der Waals surface area contributed by atoms with E-state index in [1.165, 1.54) is 9.80 Å². The molecule has 222 valence electrons. The molecule has 0 bridgehead atoms. The Balaban J connectivity index is 0.000000437. The van der Waals surface area contributed by atoms with Gasteiger partial charge in [0.25, 0.3) is 0 Å². The third kappa shape index (κ3) is 7.61. The quantitative estimate of drug-likeness (QED) is 0.319. The minimum atomic E-state index is -1.05. The van der Waals surface area contributed by atoms with Crippen molar-refractivity contribution >= 4 is 39.8 Å². The SMILES string of the molecule is CC(C)(C)OC(=O)N1CCN(C(=O)OCC2c3ccccc3-c3ccccc32)C(CC(=O)O)C1.Nc1ccccc1Br. The van der Waals surface area contributed by atoms with Crippen LogP contribution in [0.25, 0.3) is 11.1 Å². The summed E-state index contributed by atoms with van der Waals surface area (Å²) in [4.78, 5) is 39.9. The van der Waals surface area contributed by atoms with Gasteiger partial charge in [0, 0.05) is 35.7 Å². The average Bonchev–Trinajstić information content (AvgIpc) is 3.26. The lowest BCUT2D eigenvalue weighted by atomic mass is 9.98. The summed E-state index contributed by atoms with van der Waals surface area (Å²) in [6.07, 6.45) is -1.38. The molecule has 2 amide bonds. The molecule has 0 radical (unpaired) electrons. The van der Waals surface area contributed by atoms with Crippen LogP contribution < -0.4 is 5.73 Å². The first-order valence-electron chi connectivity index (χ1n) is 13.8. The maximum absolute atomic E-state index is 13.1. The number of nitrogens with zero attached hydrogens (tertiary/aromatic N) is 2. The molecule has 2 aliphatic rings. The molecule has 1 atom stereocenters. The number of carboxylic acid groups (broad SMARTS) is 1. The van der Waals surface area contributed by atoms with Gasteiger partial charge in [0.05, 0.1) is 12.5 Å². The van der Waals surface area contributed by atoms with Crippen molar-refractivity contribution in [2.75, 3.05) is 32.0 Å². The zero-order valence-electron chi connectivity index (χ0n) is 24.0. The van der Waals surface area contributed by atoms with Crippen LogP contribution in [0.1, 0.15) is 44.2 Å². The van der Waals surface area contributed by atoms with Gasteiger partial charge in [0.1, 0.15) is 12.2 Å². The number of ether oxygens (including phenoxy) is 2. The Morgan fingerprint density at radius 2 is 1.48 bits per heavy atom. The van der Waals surface area contributed by atoms with E-state index in [1.54, 1.807) is 20.8 Å². The first-order valence-corrected chi connectivity index (χ1v) is 14.5.